The highest BCUT2D eigenvalue weighted by Crippen LogP contribution is 2.19. The molecule has 1 fully saturated rings. The van der Waals surface area contributed by atoms with Crippen molar-refractivity contribution in [2.45, 2.75) is 19.8 Å². The van der Waals surface area contributed by atoms with Crippen LogP contribution >= 0.6 is 0 Å². The van der Waals surface area contributed by atoms with Gasteiger partial charge in [-0.1, -0.05) is 11.6 Å². The Balaban J connectivity index is 2.21. The van der Waals surface area contributed by atoms with E-state index in [4.69, 9.17) is 5.26 Å². The molecule has 3 nitrogen and oxygen atoms in total. The lowest BCUT2D eigenvalue weighted by Gasteiger charge is -2.29. The molecule has 1 aromatic rings. The van der Waals surface area contributed by atoms with Crippen molar-refractivity contribution in [2.75, 3.05) is 13.1 Å². The largest absolute Gasteiger partial charge is 0.337 e. The molecule has 0 aromatic heterocycles. The van der Waals surface area contributed by atoms with Gasteiger partial charge in [0.15, 0.2) is 0 Å². The number of hydrogen-bond acceptors (Lipinski definition) is 2. The van der Waals surface area contributed by atoms with E-state index >= 15 is 0 Å². The summed E-state index contributed by atoms with van der Waals surface area (Å²) in [5.41, 5.74) is 0.960. The number of likely N-dealkylation sites (tertiary alicyclic amines) is 1. The van der Waals surface area contributed by atoms with Crippen molar-refractivity contribution in [3.8, 4) is 6.07 Å². The van der Waals surface area contributed by atoms with Gasteiger partial charge in [0.25, 0.3) is 5.91 Å². The highest BCUT2D eigenvalue weighted by atomic mass is 19.1. The lowest BCUT2D eigenvalue weighted by Crippen LogP contribution is -2.39. The smallest absolute Gasteiger partial charge is 0.256 e. The summed E-state index contributed by atoms with van der Waals surface area (Å²) in [6.07, 6.45) is 1.62. The highest BCUT2D eigenvalue weighted by molar-refractivity contribution is 5.94. The number of nitriles is 1. The molecule has 1 unspecified atom stereocenters. The van der Waals surface area contributed by atoms with E-state index in [1.807, 2.05) is 6.92 Å². The van der Waals surface area contributed by atoms with Gasteiger partial charge in [-0.05, 0) is 31.9 Å². The van der Waals surface area contributed by atoms with Crippen LogP contribution in [-0.4, -0.2) is 23.9 Å². The Hall–Kier alpha value is -1.89. The van der Waals surface area contributed by atoms with Gasteiger partial charge in [-0.15, -0.1) is 0 Å². The average Bonchev–Trinajstić information content (AvgIpc) is 2.41. The Morgan fingerprint density at radius 1 is 1.56 bits per heavy atom. The first-order chi connectivity index (χ1) is 8.61. The number of halogens is 1. The Bertz CT molecular complexity index is 507. The van der Waals surface area contributed by atoms with Gasteiger partial charge in [-0.25, -0.2) is 4.39 Å². The SMILES string of the molecule is Cc1ccc(F)c(C(=O)N2CCCC(C#N)C2)c1. The van der Waals surface area contributed by atoms with Gasteiger partial charge in [0.2, 0.25) is 0 Å². The maximum absolute atomic E-state index is 13.6. The van der Waals surface area contributed by atoms with E-state index in [1.165, 1.54) is 6.07 Å². The number of hydrogen-bond donors (Lipinski definition) is 0. The number of piperidine rings is 1. The van der Waals surface area contributed by atoms with Crippen LogP contribution in [-0.2, 0) is 0 Å². The van der Waals surface area contributed by atoms with Crippen molar-refractivity contribution in [1.29, 1.82) is 5.26 Å². The van der Waals surface area contributed by atoms with Crippen LogP contribution in [0.5, 0.6) is 0 Å². The van der Waals surface area contributed by atoms with Crippen molar-refractivity contribution in [2.24, 2.45) is 5.92 Å². The molecule has 0 N–H and O–H groups in total. The predicted molar refractivity (Wildman–Crippen MR) is 65.4 cm³/mol. The molecule has 4 heteroatoms. The molecule has 18 heavy (non-hydrogen) atoms. The zero-order chi connectivity index (χ0) is 13.1. The van der Waals surface area contributed by atoms with Crippen molar-refractivity contribution in [1.82, 2.24) is 4.90 Å². The molecule has 0 saturated carbocycles. The first-order valence-electron chi connectivity index (χ1n) is 6.07. The minimum absolute atomic E-state index is 0.105. The minimum Gasteiger partial charge on any atom is -0.337 e. The number of aryl methyl sites for hydroxylation is 1. The molecule has 1 heterocycles. The molecule has 0 radical (unpaired) electrons. The predicted octanol–water partition coefficient (Wildman–Crippen LogP) is 2.51. The van der Waals surface area contributed by atoms with Crippen molar-refractivity contribution >= 4 is 5.91 Å². The van der Waals surface area contributed by atoms with Crippen LogP contribution in [0.3, 0.4) is 0 Å². The third-order valence-electron chi connectivity index (χ3n) is 3.24. The summed E-state index contributed by atoms with van der Waals surface area (Å²) >= 11 is 0. The van der Waals surface area contributed by atoms with Crippen molar-refractivity contribution in [3.63, 3.8) is 0 Å². The summed E-state index contributed by atoms with van der Waals surface area (Å²) in [6, 6.07) is 6.69. The normalized spacial score (nSPS) is 19.4. The Morgan fingerprint density at radius 2 is 2.33 bits per heavy atom. The summed E-state index contributed by atoms with van der Waals surface area (Å²) in [5.74, 6) is -0.934. The monoisotopic (exact) mass is 246 g/mol. The Morgan fingerprint density at radius 3 is 3.06 bits per heavy atom. The standard InChI is InChI=1S/C14H15FN2O/c1-10-4-5-13(15)12(7-10)14(18)17-6-2-3-11(8-16)9-17/h4-5,7,11H,2-3,6,9H2,1H3. The second kappa shape index (κ2) is 5.18. The van der Waals surface area contributed by atoms with E-state index in [0.717, 1.165) is 18.4 Å². The lowest BCUT2D eigenvalue weighted by atomic mass is 9.98. The van der Waals surface area contributed by atoms with E-state index in [1.54, 1.807) is 17.0 Å². The van der Waals surface area contributed by atoms with Crippen molar-refractivity contribution < 1.29 is 9.18 Å². The Labute approximate surface area is 106 Å². The first kappa shape index (κ1) is 12.6. The second-order valence-electron chi connectivity index (χ2n) is 4.70. The van der Waals surface area contributed by atoms with Gasteiger partial charge in [0, 0.05) is 13.1 Å². The number of carbonyl (C=O) groups excluding carboxylic acids is 1. The molecule has 1 amide bonds. The van der Waals surface area contributed by atoms with E-state index < -0.39 is 5.82 Å². The van der Waals surface area contributed by atoms with E-state index in [0.29, 0.717) is 13.1 Å². The van der Waals surface area contributed by atoms with Gasteiger partial charge in [0.1, 0.15) is 5.82 Å². The Kier molecular flexibility index (Phi) is 3.61. The van der Waals surface area contributed by atoms with Gasteiger partial charge in [-0.3, -0.25) is 4.79 Å². The third-order valence-corrected chi connectivity index (χ3v) is 3.24. The summed E-state index contributed by atoms with van der Waals surface area (Å²) in [4.78, 5) is 13.8. The molecule has 0 spiro atoms. The summed E-state index contributed by atoms with van der Waals surface area (Å²) in [6.45, 7) is 2.83. The molecular formula is C14H15FN2O. The van der Waals surface area contributed by atoms with Gasteiger partial charge < -0.3 is 4.90 Å². The van der Waals surface area contributed by atoms with Crippen molar-refractivity contribution in [3.05, 3.63) is 35.1 Å². The number of rotatable bonds is 1. The quantitative estimate of drug-likeness (QED) is 0.764. The zero-order valence-corrected chi connectivity index (χ0v) is 10.3. The van der Waals surface area contributed by atoms with Crippen LogP contribution < -0.4 is 0 Å². The maximum Gasteiger partial charge on any atom is 0.256 e. The maximum atomic E-state index is 13.6. The second-order valence-corrected chi connectivity index (χ2v) is 4.70. The van der Waals surface area contributed by atoms with Crippen LogP contribution in [0.4, 0.5) is 4.39 Å². The minimum atomic E-state index is -0.496. The average molecular weight is 246 g/mol. The third kappa shape index (κ3) is 2.51. The fraction of sp³-hybridized carbons (Fsp3) is 0.429. The van der Waals surface area contributed by atoms with E-state index in [9.17, 15) is 9.18 Å². The highest BCUT2D eigenvalue weighted by Gasteiger charge is 2.25. The molecule has 1 saturated heterocycles. The number of amides is 1. The molecule has 0 bridgehead atoms. The zero-order valence-electron chi connectivity index (χ0n) is 10.3. The van der Waals surface area contributed by atoms with Crippen LogP contribution in [0.15, 0.2) is 18.2 Å². The molecule has 2 rings (SSSR count). The number of benzene rings is 1. The molecule has 1 aromatic carbocycles. The summed E-state index contributed by atoms with van der Waals surface area (Å²) in [7, 11) is 0. The van der Waals surface area contributed by atoms with E-state index in [2.05, 4.69) is 6.07 Å². The molecule has 94 valence electrons. The number of carbonyl (C=O) groups is 1. The summed E-state index contributed by atoms with van der Waals surface area (Å²) in [5, 5.41) is 8.90. The fourth-order valence-electron chi connectivity index (χ4n) is 2.24. The van der Waals surface area contributed by atoms with Gasteiger partial charge in [-0.2, -0.15) is 5.26 Å². The topological polar surface area (TPSA) is 44.1 Å². The fourth-order valence-corrected chi connectivity index (χ4v) is 2.24. The van der Waals surface area contributed by atoms with Crippen LogP contribution in [0, 0.1) is 30.0 Å². The van der Waals surface area contributed by atoms with Gasteiger partial charge in [0.05, 0.1) is 17.6 Å². The molecule has 1 atom stereocenters. The molecule has 1 aliphatic rings. The van der Waals surface area contributed by atoms with Crippen LogP contribution in [0.2, 0.25) is 0 Å². The van der Waals surface area contributed by atoms with Crippen LogP contribution in [0.25, 0.3) is 0 Å². The van der Waals surface area contributed by atoms with E-state index in [-0.39, 0.29) is 17.4 Å². The first-order valence-corrected chi connectivity index (χ1v) is 6.07. The molecule has 0 aliphatic carbocycles. The van der Waals surface area contributed by atoms with Crippen LogP contribution in [0.1, 0.15) is 28.8 Å². The molecular weight excluding hydrogens is 231 g/mol. The lowest BCUT2D eigenvalue weighted by molar-refractivity contribution is 0.0694. The number of nitrogens with zero attached hydrogens (tertiary/aromatic N) is 2. The summed E-state index contributed by atoms with van der Waals surface area (Å²) < 4.78 is 13.6. The molecule has 1 aliphatic heterocycles. The van der Waals surface area contributed by atoms with Gasteiger partial charge >= 0.3 is 0 Å².